The second kappa shape index (κ2) is 6.89. The number of benzene rings is 2. The highest BCUT2D eigenvalue weighted by molar-refractivity contribution is 8.18. The van der Waals surface area contributed by atoms with E-state index in [0.717, 1.165) is 5.69 Å². The predicted octanol–water partition coefficient (Wildman–Crippen LogP) is 4.81. The number of rotatable bonds is 2. The average Bonchev–Trinajstić information content (AvgIpc) is 2.93. The molecule has 0 atom stereocenters. The molecule has 0 radical (unpaired) electrons. The summed E-state index contributed by atoms with van der Waals surface area (Å²) in [6.07, 6.45) is 1.68. The smallest absolute Gasteiger partial charge is 0.286 e. The number of phenols is 1. The fourth-order valence-corrected chi connectivity index (χ4v) is 3.35. The quantitative estimate of drug-likeness (QED) is 0.762. The zero-order chi connectivity index (χ0) is 17.3. The Bertz CT molecular complexity index is 863. The Labute approximate surface area is 153 Å². The minimum Gasteiger partial charge on any atom is -0.508 e. The molecule has 1 aliphatic rings. The van der Waals surface area contributed by atoms with E-state index in [4.69, 9.17) is 23.2 Å². The van der Waals surface area contributed by atoms with Gasteiger partial charge in [-0.05, 0) is 53.7 Å². The Morgan fingerprint density at radius 1 is 1.17 bits per heavy atom. The van der Waals surface area contributed by atoms with Gasteiger partial charge in [-0.1, -0.05) is 35.3 Å². The molecule has 0 spiro atoms. The van der Waals surface area contributed by atoms with E-state index in [1.54, 1.807) is 60.5 Å². The van der Waals surface area contributed by atoms with Crippen LogP contribution in [0.25, 0.3) is 6.08 Å². The fourth-order valence-electron chi connectivity index (χ4n) is 2.10. The van der Waals surface area contributed by atoms with E-state index < -0.39 is 0 Å². The molecule has 0 aliphatic carbocycles. The molecule has 1 amide bonds. The number of hydrogen-bond acceptors (Lipinski definition) is 4. The third-order valence-electron chi connectivity index (χ3n) is 3.40. The van der Waals surface area contributed by atoms with Gasteiger partial charge in [0, 0.05) is 12.7 Å². The van der Waals surface area contributed by atoms with Crippen LogP contribution >= 0.6 is 35.0 Å². The maximum absolute atomic E-state index is 12.2. The van der Waals surface area contributed by atoms with Crippen molar-refractivity contribution in [2.45, 2.75) is 0 Å². The molecule has 1 heterocycles. The van der Waals surface area contributed by atoms with Crippen LogP contribution in [0, 0.1) is 0 Å². The van der Waals surface area contributed by atoms with Crippen molar-refractivity contribution in [3.63, 3.8) is 0 Å². The van der Waals surface area contributed by atoms with Crippen molar-refractivity contribution >= 4 is 57.8 Å². The number of aliphatic imine (C=N–C) groups is 1. The summed E-state index contributed by atoms with van der Waals surface area (Å²) >= 11 is 13.4. The molecule has 0 fully saturated rings. The maximum Gasteiger partial charge on any atom is 0.286 e. The summed E-state index contributed by atoms with van der Waals surface area (Å²) in [7, 11) is 1.81. The topological polar surface area (TPSA) is 52.9 Å². The monoisotopic (exact) mass is 378 g/mol. The van der Waals surface area contributed by atoms with E-state index in [1.807, 2.05) is 0 Å². The summed E-state index contributed by atoms with van der Waals surface area (Å²) in [5.74, 6) is -0.142. The van der Waals surface area contributed by atoms with Gasteiger partial charge in [-0.15, -0.1) is 0 Å². The molecule has 2 aromatic carbocycles. The van der Waals surface area contributed by atoms with Crippen LogP contribution in [0.1, 0.15) is 5.56 Å². The molecule has 1 N–H and O–H groups in total. The van der Waals surface area contributed by atoms with Gasteiger partial charge in [-0.3, -0.25) is 4.79 Å². The Morgan fingerprint density at radius 3 is 2.58 bits per heavy atom. The molecule has 3 rings (SSSR count). The molecule has 0 aromatic heterocycles. The Morgan fingerprint density at radius 2 is 1.88 bits per heavy atom. The molecular weight excluding hydrogens is 367 g/mol. The van der Waals surface area contributed by atoms with Crippen LogP contribution in [0.15, 0.2) is 52.4 Å². The Balaban J connectivity index is 1.84. The largest absolute Gasteiger partial charge is 0.508 e. The fraction of sp³-hybridized carbons (Fsp3) is 0.0588. The number of carbonyl (C=O) groups is 1. The van der Waals surface area contributed by atoms with Crippen molar-refractivity contribution in [3.8, 4) is 5.75 Å². The highest BCUT2D eigenvalue weighted by Crippen LogP contribution is 2.34. The van der Waals surface area contributed by atoms with Crippen LogP contribution in [0.5, 0.6) is 5.75 Å². The van der Waals surface area contributed by atoms with Gasteiger partial charge in [0.1, 0.15) is 5.75 Å². The average molecular weight is 379 g/mol. The predicted molar refractivity (Wildman–Crippen MR) is 101 cm³/mol. The molecular formula is C17H12Cl2N2O2S. The molecule has 7 heteroatoms. The van der Waals surface area contributed by atoms with E-state index in [0.29, 0.717) is 25.7 Å². The summed E-state index contributed by atoms with van der Waals surface area (Å²) in [6, 6.07) is 11.9. The highest BCUT2D eigenvalue weighted by Gasteiger charge is 2.25. The normalized spacial score (nSPS) is 15.7. The molecule has 0 saturated heterocycles. The summed E-state index contributed by atoms with van der Waals surface area (Å²) in [4.78, 5) is 18.5. The first kappa shape index (κ1) is 16.9. The second-order valence-electron chi connectivity index (χ2n) is 5.03. The molecule has 0 unspecified atom stereocenters. The lowest BCUT2D eigenvalue weighted by Gasteiger charge is -2.17. The summed E-state index contributed by atoms with van der Waals surface area (Å²) in [5, 5.41) is 10.7. The number of hydrogen-bond donors (Lipinski definition) is 1. The van der Waals surface area contributed by atoms with Crippen LogP contribution in [0.4, 0.5) is 5.69 Å². The van der Waals surface area contributed by atoms with Crippen molar-refractivity contribution < 1.29 is 9.90 Å². The van der Waals surface area contributed by atoms with Crippen molar-refractivity contribution in [3.05, 3.63) is 63.0 Å². The van der Waals surface area contributed by atoms with Crippen LogP contribution in [-0.2, 0) is 4.79 Å². The minimum atomic E-state index is -0.323. The maximum atomic E-state index is 12.2. The van der Waals surface area contributed by atoms with Crippen LogP contribution in [0.3, 0.4) is 0 Å². The molecule has 0 bridgehead atoms. The first-order chi connectivity index (χ1) is 11.5. The van der Waals surface area contributed by atoms with Crippen LogP contribution in [-0.4, -0.2) is 23.2 Å². The first-order valence-electron chi connectivity index (χ1n) is 6.95. The van der Waals surface area contributed by atoms with Crippen LogP contribution in [0.2, 0.25) is 10.0 Å². The molecule has 0 saturated carbocycles. The van der Waals surface area contributed by atoms with Crippen molar-refractivity contribution in [2.75, 3.05) is 11.9 Å². The van der Waals surface area contributed by atoms with Gasteiger partial charge >= 0.3 is 0 Å². The lowest BCUT2D eigenvalue weighted by molar-refractivity contribution is -0.113. The van der Waals surface area contributed by atoms with Gasteiger partial charge < -0.3 is 10.0 Å². The Kier molecular flexibility index (Phi) is 4.85. The van der Waals surface area contributed by atoms with Gasteiger partial charge in [0.2, 0.25) is 0 Å². The molecule has 122 valence electrons. The summed E-state index contributed by atoms with van der Waals surface area (Å²) in [5.41, 5.74) is 1.48. The third-order valence-corrected chi connectivity index (χ3v) is 5.29. The summed E-state index contributed by atoms with van der Waals surface area (Å²) in [6.45, 7) is 0. The number of amidine groups is 1. The van der Waals surface area contributed by atoms with Gasteiger partial charge in [0.05, 0.1) is 15.0 Å². The standard InChI is InChI=1S/C17H12Cl2N2O2S/c1-21(11-5-7-12(22)8-6-11)17-20-16(23)14(24-17)9-10-3-2-4-13(18)15(10)19/h2-9,22H,1H3/b14-9-. The minimum absolute atomic E-state index is 0.181. The van der Waals surface area contributed by atoms with Gasteiger partial charge in [-0.25, -0.2) is 0 Å². The zero-order valence-electron chi connectivity index (χ0n) is 12.5. The Hall–Kier alpha value is -1.95. The van der Waals surface area contributed by atoms with Gasteiger partial charge in [0.25, 0.3) is 5.91 Å². The number of nitrogens with zero attached hydrogens (tertiary/aromatic N) is 2. The second-order valence-corrected chi connectivity index (χ2v) is 6.82. The number of anilines is 1. The molecule has 2 aromatic rings. The molecule has 24 heavy (non-hydrogen) atoms. The number of thioether (sulfide) groups is 1. The van der Waals surface area contributed by atoms with E-state index in [1.165, 1.54) is 11.8 Å². The van der Waals surface area contributed by atoms with E-state index in [9.17, 15) is 9.90 Å². The molecule has 1 aliphatic heterocycles. The lowest BCUT2D eigenvalue weighted by atomic mass is 10.2. The van der Waals surface area contributed by atoms with E-state index in [2.05, 4.69) is 4.99 Å². The SMILES string of the molecule is CN(C1=NC(=O)/C(=C/c2cccc(Cl)c2Cl)S1)c1ccc(O)cc1. The van der Waals surface area contributed by atoms with Crippen LogP contribution < -0.4 is 4.90 Å². The third kappa shape index (κ3) is 3.43. The number of amides is 1. The number of phenolic OH excluding ortho intramolecular Hbond substituents is 1. The lowest BCUT2D eigenvalue weighted by Crippen LogP contribution is -2.21. The van der Waals surface area contributed by atoms with E-state index >= 15 is 0 Å². The zero-order valence-corrected chi connectivity index (χ0v) is 14.9. The van der Waals surface area contributed by atoms with Crippen molar-refractivity contribution in [2.24, 2.45) is 4.99 Å². The van der Waals surface area contributed by atoms with Crippen molar-refractivity contribution in [1.82, 2.24) is 0 Å². The first-order valence-corrected chi connectivity index (χ1v) is 8.52. The van der Waals surface area contributed by atoms with Gasteiger partial charge in [0.15, 0.2) is 5.17 Å². The van der Waals surface area contributed by atoms with Crippen molar-refractivity contribution in [1.29, 1.82) is 0 Å². The molecule has 4 nitrogen and oxygen atoms in total. The number of aromatic hydroxyl groups is 1. The highest BCUT2D eigenvalue weighted by atomic mass is 35.5. The van der Waals surface area contributed by atoms with E-state index in [-0.39, 0.29) is 11.7 Å². The summed E-state index contributed by atoms with van der Waals surface area (Å²) < 4.78 is 0. The number of halogens is 2. The number of carbonyl (C=O) groups excluding carboxylic acids is 1. The van der Waals surface area contributed by atoms with Gasteiger partial charge in [-0.2, -0.15) is 4.99 Å².